The SMILES string of the molecule is CC[CH2][Ge]([CH2]CC)([CH2]CC)[NH][Ge]([CH2]CC)([CH2]CC)[CH2]CC. The molecule has 0 fully saturated rings. The Labute approximate surface area is 141 Å². The molecule has 0 aliphatic rings. The molecule has 0 saturated carbocycles. The van der Waals surface area contributed by atoms with Crippen molar-refractivity contribution in [3.05, 3.63) is 0 Å². The minimum absolute atomic E-state index is 1.41. The molecule has 0 aromatic heterocycles. The zero-order chi connectivity index (χ0) is 16.2. The second-order valence-electron chi connectivity index (χ2n) is 7.19. The first-order valence-electron chi connectivity index (χ1n) is 9.86. The van der Waals surface area contributed by atoms with Crippen molar-refractivity contribution in [1.29, 1.82) is 0 Å². The molecule has 0 unspecified atom stereocenters. The molecule has 0 aromatic rings. The van der Waals surface area contributed by atoms with Crippen LogP contribution < -0.4 is 3.23 Å². The molecule has 0 aromatic carbocycles. The Kier molecular flexibility index (Phi) is 13.1. The van der Waals surface area contributed by atoms with Crippen molar-refractivity contribution in [3.8, 4) is 0 Å². The predicted molar refractivity (Wildman–Crippen MR) is 105 cm³/mol. The molecule has 0 aliphatic carbocycles. The van der Waals surface area contributed by atoms with E-state index in [4.69, 9.17) is 0 Å². The van der Waals surface area contributed by atoms with Crippen LogP contribution in [-0.2, 0) is 0 Å². The van der Waals surface area contributed by atoms with Gasteiger partial charge in [0.1, 0.15) is 0 Å². The van der Waals surface area contributed by atoms with E-state index in [0.717, 1.165) is 0 Å². The van der Waals surface area contributed by atoms with Gasteiger partial charge in [0.05, 0.1) is 0 Å². The van der Waals surface area contributed by atoms with Crippen LogP contribution in [0.15, 0.2) is 0 Å². The van der Waals surface area contributed by atoms with Crippen molar-refractivity contribution in [2.75, 3.05) is 0 Å². The van der Waals surface area contributed by atoms with E-state index in [1.54, 1.807) is 31.5 Å². The summed E-state index contributed by atoms with van der Waals surface area (Å²) in [4.78, 5) is 0. The van der Waals surface area contributed by atoms with Gasteiger partial charge < -0.3 is 0 Å². The van der Waals surface area contributed by atoms with Gasteiger partial charge in [-0.05, 0) is 0 Å². The summed E-state index contributed by atoms with van der Waals surface area (Å²) in [7, 11) is 0. The van der Waals surface area contributed by atoms with Crippen LogP contribution >= 0.6 is 0 Å². The second kappa shape index (κ2) is 12.5. The van der Waals surface area contributed by atoms with Crippen molar-refractivity contribution in [2.24, 2.45) is 0 Å². The predicted octanol–water partition coefficient (Wildman–Crippen LogP) is 6.93. The molecule has 0 rings (SSSR count). The summed E-state index contributed by atoms with van der Waals surface area (Å²) in [6.07, 6.45) is 8.47. The summed E-state index contributed by atoms with van der Waals surface area (Å²) in [5.41, 5.74) is 0. The Hall–Kier alpha value is 1.05. The summed E-state index contributed by atoms with van der Waals surface area (Å²) < 4.78 is 4.66. The van der Waals surface area contributed by atoms with Gasteiger partial charge in [-0.2, -0.15) is 0 Å². The molecular formula is C18H43Ge2N. The molecule has 0 spiro atoms. The van der Waals surface area contributed by atoms with Crippen molar-refractivity contribution >= 4 is 27.0 Å². The molecule has 1 N–H and O–H groups in total. The maximum atomic E-state index is 4.66. The van der Waals surface area contributed by atoms with Gasteiger partial charge in [-0.1, -0.05) is 0 Å². The molecule has 0 amide bonds. The fraction of sp³-hybridized carbons (Fsp3) is 1.00. The number of hydrogen-bond donors (Lipinski definition) is 1. The quantitative estimate of drug-likeness (QED) is 0.302. The molecule has 0 radical (unpaired) electrons. The Morgan fingerprint density at radius 2 is 0.619 bits per heavy atom. The van der Waals surface area contributed by atoms with Crippen LogP contribution in [0.3, 0.4) is 0 Å². The van der Waals surface area contributed by atoms with Gasteiger partial charge in [-0.3, -0.25) is 0 Å². The molecule has 3 heteroatoms. The number of rotatable bonds is 14. The van der Waals surface area contributed by atoms with E-state index in [-0.39, 0.29) is 0 Å². The van der Waals surface area contributed by atoms with E-state index in [1.807, 2.05) is 0 Å². The van der Waals surface area contributed by atoms with E-state index in [0.29, 0.717) is 0 Å². The van der Waals surface area contributed by atoms with Gasteiger partial charge in [0.15, 0.2) is 0 Å². The van der Waals surface area contributed by atoms with Crippen molar-refractivity contribution in [3.63, 3.8) is 0 Å². The Morgan fingerprint density at radius 1 is 0.429 bits per heavy atom. The summed E-state index contributed by atoms with van der Waals surface area (Å²) in [6.45, 7) is 14.5. The van der Waals surface area contributed by atoms with E-state index in [2.05, 4.69) is 44.8 Å². The molecule has 128 valence electrons. The van der Waals surface area contributed by atoms with Crippen LogP contribution in [0.25, 0.3) is 0 Å². The van der Waals surface area contributed by atoms with Crippen molar-refractivity contribution < 1.29 is 0 Å². The topological polar surface area (TPSA) is 12.0 Å². The zero-order valence-electron chi connectivity index (χ0n) is 16.0. The van der Waals surface area contributed by atoms with Crippen molar-refractivity contribution in [2.45, 2.75) is 112 Å². The van der Waals surface area contributed by atoms with E-state index in [1.165, 1.54) is 38.5 Å². The van der Waals surface area contributed by atoms with Crippen LogP contribution in [0.4, 0.5) is 0 Å². The van der Waals surface area contributed by atoms with Crippen LogP contribution in [0.2, 0.25) is 31.5 Å². The van der Waals surface area contributed by atoms with Crippen LogP contribution in [-0.4, -0.2) is 27.0 Å². The monoisotopic (exact) mass is 421 g/mol. The molecule has 21 heavy (non-hydrogen) atoms. The van der Waals surface area contributed by atoms with Crippen molar-refractivity contribution in [1.82, 2.24) is 3.23 Å². The van der Waals surface area contributed by atoms with Crippen LogP contribution in [0.5, 0.6) is 0 Å². The first kappa shape index (κ1) is 22.0. The molecule has 0 bridgehead atoms. The third-order valence-corrected chi connectivity index (χ3v) is 37.0. The molecule has 1 nitrogen and oxygen atoms in total. The average Bonchev–Trinajstić information content (AvgIpc) is 2.40. The first-order valence-corrected chi connectivity index (χ1v) is 20.9. The fourth-order valence-electron chi connectivity index (χ4n) is 4.56. The Balaban J connectivity index is 5.30. The Morgan fingerprint density at radius 3 is 0.762 bits per heavy atom. The number of hydrogen-bond acceptors (Lipinski definition) is 1. The summed E-state index contributed by atoms with van der Waals surface area (Å²) in [5, 5.41) is 9.45. The number of nitrogens with one attached hydrogen (secondary N) is 1. The van der Waals surface area contributed by atoms with Gasteiger partial charge in [0, 0.05) is 0 Å². The fourth-order valence-corrected chi connectivity index (χ4v) is 44.1. The van der Waals surface area contributed by atoms with Gasteiger partial charge in [-0.15, -0.1) is 0 Å². The minimum atomic E-state index is -1.80. The first-order chi connectivity index (χ1) is 10.1. The maximum absolute atomic E-state index is 4.66. The third kappa shape index (κ3) is 7.92. The zero-order valence-corrected chi connectivity index (χ0v) is 20.2. The molecule has 0 saturated heterocycles. The Bertz CT molecular complexity index is 185. The summed E-state index contributed by atoms with van der Waals surface area (Å²) in [5.74, 6) is 0. The van der Waals surface area contributed by atoms with E-state index in [9.17, 15) is 0 Å². The average molecular weight is 419 g/mol. The molecular weight excluding hydrogens is 375 g/mol. The van der Waals surface area contributed by atoms with Gasteiger partial charge >= 0.3 is 142 Å². The normalized spacial score (nSPS) is 12.9. The van der Waals surface area contributed by atoms with Gasteiger partial charge in [0.25, 0.3) is 0 Å². The van der Waals surface area contributed by atoms with Crippen LogP contribution in [0.1, 0.15) is 80.1 Å². The second-order valence-corrected chi connectivity index (χ2v) is 27.5. The summed E-state index contributed by atoms with van der Waals surface area (Å²) in [6, 6.07) is 0. The summed E-state index contributed by atoms with van der Waals surface area (Å²) >= 11 is -3.59. The van der Waals surface area contributed by atoms with Gasteiger partial charge in [-0.25, -0.2) is 0 Å². The van der Waals surface area contributed by atoms with Crippen LogP contribution in [0, 0.1) is 0 Å². The molecule has 0 heterocycles. The standard InChI is InChI=1S/C18H43Ge2N/c1-7-13-19(14-8-2,15-9-3)21-20(16-10-4,17-11-5)18-12-6/h21H,7-18H2,1-6H3. The molecule has 0 aliphatic heterocycles. The van der Waals surface area contributed by atoms with E-state index >= 15 is 0 Å². The van der Waals surface area contributed by atoms with E-state index < -0.39 is 27.0 Å². The molecule has 0 atom stereocenters. The van der Waals surface area contributed by atoms with Gasteiger partial charge in [0.2, 0.25) is 0 Å². The third-order valence-electron chi connectivity index (χ3n) is 4.90.